The van der Waals surface area contributed by atoms with Crippen molar-refractivity contribution in [2.24, 2.45) is 0 Å². The number of hydrogen-bond donors (Lipinski definition) is 1. The van der Waals surface area contributed by atoms with Crippen LogP contribution in [0.25, 0.3) is 0 Å². The molecule has 0 bridgehead atoms. The van der Waals surface area contributed by atoms with E-state index in [-0.39, 0.29) is 5.22 Å². The topological polar surface area (TPSA) is 33.4 Å². The van der Waals surface area contributed by atoms with Crippen LogP contribution in [0.15, 0.2) is 34.9 Å². The molecule has 2 nitrogen and oxygen atoms in total. The molecule has 0 amide bonds. The fourth-order valence-electron chi connectivity index (χ4n) is 1.80. The van der Waals surface area contributed by atoms with E-state index in [0.29, 0.717) is 5.56 Å². The maximum Gasteiger partial charge on any atom is 0.199 e. The van der Waals surface area contributed by atoms with Crippen LogP contribution in [-0.2, 0) is 0 Å². The van der Waals surface area contributed by atoms with Crippen LogP contribution in [-0.4, -0.2) is 5.11 Å². The Bertz CT molecular complexity index is 502. The van der Waals surface area contributed by atoms with Gasteiger partial charge >= 0.3 is 0 Å². The van der Waals surface area contributed by atoms with E-state index in [2.05, 4.69) is 0 Å². The molecule has 1 aromatic carbocycles. The lowest BCUT2D eigenvalue weighted by atomic mass is 9.98. The normalized spacial score (nSPS) is 12.8. The van der Waals surface area contributed by atoms with E-state index in [4.69, 9.17) is 16.0 Å². The van der Waals surface area contributed by atoms with Gasteiger partial charge in [0, 0.05) is 5.56 Å². The first-order valence-electron chi connectivity index (χ1n) is 5.07. The van der Waals surface area contributed by atoms with Crippen molar-refractivity contribution >= 4 is 11.6 Å². The monoisotopic (exact) mass is 236 g/mol. The first-order chi connectivity index (χ1) is 7.59. The quantitative estimate of drug-likeness (QED) is 0.864. The lowest BCUT2D eigenvalue weighted by molar-refractivity contribution is 0.218. The largest absolute Gasteiger partial charge is 0.453 e. The Morgan fingerprint density at radius 1 is 1.19 bits per heavy atom. The number of rotatable bonds is 2. The maximum atomic E-state index is 10.2. The molecule has 16 heavy (non-hydrogen) atoms. The highest BCUT2D eigenvalue weighted by Gasteiger charge is 2.17. The van der Waals surface area contributed by atoms with Crippen LogP contribution in [0.5, 0.6) is 0 Å². The van der Waals surface area contributed by atoms with E-state index < -0.39 is 6.10 Å². The fraction of sp³-hybridized carbons (Fsp3) is 0.231. The average molecular weight is 237 g/mol. The molecule has 1 heterocycles. The van der Waals surface area contributed by atoms with Crippen molar-refractivity contribution in [2.75, 3.05) is 0 Å². The van der Waals surface area contributed by atoms with E-state index in [1.54, 1.807) is 6.07 Å². The van der Waals surface area contributed by atoms with Gasteiger partial charge < -0.3 is 9.52 Å². The number of halogens is 1. The van der Waals surface area contributed by atoms with E-state index in [1.807, 2.05) is 32.0 Å². The third-order valence-electron chi connectivity index (χ3n) is 2.66. The van der Waals surface area contributed by atoms with Gasteiger partial charge in [-0.25, -0.2) is 0 Å². The van der Waals surface area contributed by atoms with E-state index >= 15 is 0 Å². The van der Waals surface area contributed by atoms with Gasteiger partial charge in [0.1, 0.15) is 6.10 Å². The highest BCUT2D eigenvalue weighted by Crippen LogP contribution is 2.30. The van der Waals surface area contributed by atoms with Crippen molar-refractivity contribution in [1.29, 1.82) is 0 Å². The van der Waals surface area contributed by atoms with Gasteiger partial charge in [-0.1, -0.05) is 23.8 Å². The molecule has 0 spiro atoms. The maximum absolute atomic E-state index is 10.2. The lowest BCUT2D eigenvalue weighted by Gasteiger charge is -2.13. The molecule has 84 valence electrons. The molecular formula is C13H13ClO2. The molecule has 1 unspecified atom stereocenters. The molecule has 0 radical (unpaired) electrons. The zero-order valence-corrected chi connectivity index (χ0v) is 9.95. The average Bonchev–Trinajstić information content (AvgIpc) is 2.63. The second-order valence-corrected chi connectivity index (χ2v) is 4.26. The van der Waals surface area contributed by atoms with Crippen LogP contribution in [0.1, 0.15) is 28.4 Å². The molecule has 0 saturated heterocycles. The van der Waals surface area contributed by atoms with Crippen LogP contribution in [0, 0.1) is 13.8 Å². The van der Waals surface area contributed by atoms with Crippen molar-refractivity contribution in [3.8, 4) is 0 Å². The van der Waals surface area contributed by atoms with Crippen molar-refractivity contribution in [3.63, 3.8) is 0 Å². The van der Waals surface area contributed by atoms with Crippen LogP contribution >= 0.6 is 11.6 Å². The van der Waals surface area contributed by atoms with Gasteiger partial charge in [0.25, 0.3) is 0 Å². The van der Waals surface area contributed by atoms with Crippen molar-refractivity contribution in [2.45, 2.75) is 20.0 Å². The van der Waals surface area contributed by atoms with Gasteiger partial charge in [0.2, 0.25) is 0 Å². The number of benzene rings is 1. The number of hydrogen-bond acceptors (Lipinski definition) is 2. The first-order valence-corrected chi connectivity index (χ1v) is 5.45. The molecule has 2 aromatic rings. The van der Waals surface area contributed by atoms with E-state index in [0.717, 1.165) is 11.1 Å². The number of aryl methyl sites for hydroxylation is 2. The molecule has 1 atom stereocenters. The van der Waals surface area contributed by atoms with Gasteiger partial charge in [-0.15, -0.1) is 0 Å². The summed E-state index contributed by atoms with van der Waals surface area (Å²) < 4.78 is 4.98. The highest BCUT2D eigenvalue weighted by atomic mass is 35.5. The predicted molar refractivity (Wildman–Crippen MR) is 63.7 cm³/mol. The summed E-state index contributed by atoms with van der Waals surface area (Å²) in [5, 5.41) is 10.4. The Morgan fingerprint density at radius 2 is 1.94 bits per heavy atom. The summed E-state index contributed by atoms with van der Waals surface area (Å²) in [7, 11) is 0. The summed E-state index contributed by atoms with van der Waals surface area (Å²) in [5.41, 5.74) is 3.68. The Morgan fingerprint density at radius 3 is 2.50 bits per heavy atom. The Labute approximate surface area is 99.5 Å². The molecule has 0 aliphatic rings. The third kappa shape index (κ3) is 1.99. The van der Waals surface area contributed by atoms with Crippen molar-refractivity contribution in [3.05, 3.63) is 58.0 Å². The third-order valence-corrected chi connectivity index (χ3v) is 2.97. The van der Waals surface area contributed by atoms with Gasteiger partial charge in [-0.3, -0.25) is 0 Å². The number of furan rings is 1. The summed E-state index contributed by atoms with van der Waals surface area (Å²) >= 11 is 5.84. The summed E-state index contributed by atoms with van der Waals surface area (Å²) in [6.07, 6.45) is 0.747. The molecule has 0 fully saturated rings. The number of aliphatic hydroxyl groups excluding tert-OH is 1. The molecule has 0 saturated carbocycles. The fourth-order valence-corrected chi connectivity index (χ4v) is 2.02. The summed E-state index contributed by atoms with van der Waals surface area (Å²) in [6.45, 7) is 3.99. The van der Waals surface area contributed by atoms with Gasteiger partial charge in [-0.05, 0) is 42.6 Å². The Kier molecular flexibility index (Phi) is 3.03. The SMILES string of the molecule is Cc1ccc(C(O)c2ccoc2Cl)c(C)c1. The van der Waals surface area contributed by atoms with Crippen LogP contribution < -0.4 is 0 Å². The Balaban J connectivity index is 2.41. The summed E-state index contributed by atoms with van der Waals surface area (Å²) in [5.74, 6) is 0. The molecular weight excluding hydrogens is 224 g/mol. The smallest absolute Gasteiger partial charge is 0.199 e. The van der Waals surface area contributed by atoms with Crippen LogP contribution in [0.3, 0.4) is 0 Å². The van der Waals surface area contributed by atoms with Crippen LogP contribution in [0.4, 0.5) is 0 Å². The zero-order valence-electron chi connectivity index (χ0n) is 9.20. The zero-order chi connectivity index (χ0) is 11.7. The van der Waals surface area contributed by atoms with Crippen molar-refractivity contribution in [1.82, 2.24) is 0 Å². The van der Waals surface area contributed by atoms with Crippen LogP contribution in [0.2, 0.25) is 5.22 Å². The second-order valence-electron chi connectivity index (χ2n) is 3.91. The van der Waals surface area contributed by atoms with Crippen molar-refractivity contribution < 1.29 is 9.52 Å². The molecule has 2 rings (SSSR count). The Hall–Kier alpha value is -1.25. The van der Waals surface area contributed by atoms with E-state index in [9.17, 15) is 5.11 Å². The predicted octanol–water partition coefficient (Wildman–Crippen LogP) is 3.63. The highest BCUT2D eigenvalue weighted by molar-refractivity contribution is 6.29. The van der Waals surface area contributed by atoms with Gasteiger partial charge in [0.15, 0.2) is 5.22 Å². The van der Waals surface area contributed by atoms with E-state index in [1.165, 1.54) is 11.8 Å². The first kappa shape index (κ1) is 11.2. The summed E-state index contributed by atoms with van der Waals surface area (Å²) in [4.78, 5) is 0. The molecule has 3 heteroatoms. The lowest BCUT2D eigenvalue weighted by Crippen LogP contribution is -2.01. The van der Waals surface area contributed by atoms with Gasteiger partial charge in [-0.2, -0.15) is 0 Å². The molecule has 0 aliphatic heterocycles. The molecule has 0 aliphatic carbocycles. The number of aliphatic hydroxyl groups is 1. The van der Waals surface area contributed by atoms with Gasteiger partial charge in [0.05, 0.1) is 6.26 Å². The summed E-state index contributed by atoms with van der Waals surface area (Å²) in [6, 6.07) is 7.61. The molecule has 1 N–H and O–H groups in total. The minimum Gasteiger partial charge on any atom is -0.453 e. The standard InChI is InChI=1S/C13H13ClO2/c1-8-3-4-10(9(2)7-8)12(15)11-5-6-16-13(11)14/h3-7,12,15H,1-2H3. The minimum atomic E-state index is -0.730. The second kappa shape index (κ2) is 4.32. The minimum absolute atomic E-state index is 0.243. The molecule has 1 aromatic heterocycles.